The quantitative estimate of drug-likeness (QED) is 0.532. The fourth-order valence-corrected chi connectivity index (χ4v) is 5.00. The summed E-state index contributed by atoms with van der Waals surface area (Å²) in [5.41, 5.74) is 0.694. The van der Waals surface area contributed by atoms with E-state index in [1.54, 1.807) is 17.8 Å². The lowest BCUT2D eigenvalue weighted by Gasteiger charge is -2.15. The van der Waals surface area contributed by atoms with E-state index in [1.807, 2.05) is 24.5 Å². The Bertz CT molecular complexity index is 1000. The molecular formula is C20H22N2O5S2. The molecule has 2 aromatic rings. The third-order valence-electron chi connectivity index (χ3n) is 4.46. The Hall–Kier alpha value is -2.36. The van der Waals surface area contributed by atoms with Crippen molar-refractivity contribution in [1.29, 1.82) is 0 Å². The van der Waals surface area contributed by atoms with E-state index in [1.165, 1.54) is 28.6 Å². The van der Waals surface area contributed by atoms with Crippen molar-refractivity contribution in [3.8, 4) is 0 Å². The zero-order valence-electron chi connectivity index (χ0n) is 16.0. The second-order valence-corrected chi connectivity index (χ2v) is 9.31. The first-order valence-corrected chi connectivity index (χ1v) is 11.8. The van der Waals surface area contributed by atoms with Crippen LogP contribution >= 0.6 is 11.8 Å². The number of carbonyl (C=O) groups excluding carboxylic acids is 2. The van der Waals surface area contributed by atoms with E-state index >= 15 is 0 Å². The molecule has 29 heavy (non-hydrogen) atoms. The van der Waals surface area contributed by atoms with Crippen LogP contribution in [0.4, 0.5) is 5.69 Å². The standard InChI is InChI=1S/C20H22N2O5S2/c1-28-17-8-5-7-16(13-17)21-19(23)14-27-20(24)15-6-4-9-18(12-15)29(25,26)22-10-2-3-11-22/h4-9,12-13H,2-3,10-11,14H2,1H3,(H,21,23). The predicted octanol–water partition coefficient (Wildman–Crippen LogP) is 2.99. The summed E-state index contributed by atoms with van der Waals surface area (Å²) in [4.78, 5) is 25.4. The van der Waals surface area contributed by atoms with Gasteiger partial charge in [0, 0.05) is 23.7 Å². The number of rotatable bonds is 7. The highest BCUT2D eigenvalue weighted by Crippen LogP contribution is 2.22. The van der Waals surface area contributed by atoms with Crippen molar-refractivity contribution < 1.29 is 22.7 Å². The first-order valence-electron chi connectivity index (χ1n) is 9.11. The Labute approximate surface area is 174 Å². The van der Waals surface area contributed by atoms with Crippen LogP contribution in [0.1, 0.15) is 23.2 Å². The molecule has 0 spiro atoms. The number of amides is 1. The summed E-state index contributed by atoms with van der Waals surface area (Å²) >= 11 is 1.55. The lowest BCUT2D eigenvalue weighted by molar-refractivity contribution is -0.119. The monoisotopic (exact) mass is 434 g/mol. The molecule has 1 N–H and O–H groups in total. The van der Waals surface area contributed by atoms with Gasteiger partial charge in [0.2, 0.25) is 10.0 Å². The van der Waals surface area contributed by atoms with Crippen LogP contribution in [0, 0.1) is 0 Å². The van der Waals surface area contributed by atoms with Gasteiger partial charge < -0.3 is 10.1 Å². The number of ether oxygens (including phenoxy) is 1. The number of benzene rings is 2. The van der Waals surface area contributed by atoms with Crippen molar-refractivity contribution in [1.82, 2.24) is 4.31 Å². The lowest BCUT2D eigenvalue weighted by Crippen LogP contribution is -2.28. The summed E-state index contributed by atoms with van der Waals surface area (Å²) in [7, 11) is -3.63. The minimum Gasteiger partial charge on any atom is -0.452 e. The number of esters is 1. The van der Waals surface area contributed by atoms with Crippen LogP contribution in [0.5, 0.6) is 0 Å². The summed E-state index contributed by atoms with van der Waals surface area (Å²) in [5, 5.41) is 2.66. The number of carbonyl (C=O) groups is 2. The number of hydrogen-bond donors (Lipinski definition) is 1. The van der Waals surface area contributed by atoms with Gasteiger partial charge in [-0.25, -0.2) is 13.2 Å². The van der Waals surface area contributed by atoms with Gasteiger partial charge >= 0.3 is 5.97 Å². The topological polar surface area (TPSA) is 92.8 Å². The first-order chi connectivity index (χ1) is 13.9. The number of hydrogen-bond acceptors (Lipinski definition) is 6. The Morgan fingerprint density at radius 3 is 2.55 bits per heavy atom. The van der Waals surface area contributed by atoms with Crippen molar-refractivity contribution in [2.24, 2.45) is 0 Å². The Morgan fingerprint density at radius 1 is 1.10 bits per heavy atom. The average molecular weight is 435 g/mol. The molecule has 1 amide bonds. The van der Waals surface area contributed by atoms with E-state index in [0.717, 1.165) is 17.7 Å². The largest absolute Gasteiger partial charge is 0.452 e. The fourth-order valence-electron chi connectivity index (χ4n) is 2.97. The maximum absolute atomic E-state index is 12.6. The third-order valence-corrected chi connectivity index (χ3v) is 7.08. The van der Waals surface area contributed by atoms with Gasteiger partial charge in [0.15, 0.2) is 6.61 Å². The third kappa shape index (κ3) is 5.37. The van der Waals surface area contributed by atoms with Gasteiger partial charge in [0.25, 0.3) is 5.91 Å². The number of nitrogens with one attached hydrogen (secondary N) is 1. The highest BCUT2D eigenvalue weighted by Gasteiger charge is 2.27. The van der Waals surface area contributed by atoms with Crippen molar-refractivity contribution in [2.75, 3.05) is 31.3 Å². The average Bonchev–Trinajstić information content (AvgIpc) is 3.28. The molecule has 1 aliphatic rings. The molecule has 0 atom stereocenters. The van der Waals surface area contributed by atoms with E-state index in [-0.39, 0.29) is 10.5 Å². The van der Waals surface area contributed by atoms with Crippen LogP contribution in [-0.4, -0.2) is 50.6 Å². The molecule has 0 unspecified atom stereocenters. The summed E-state index contributed by atoms with van der Waals surface area (Å²) < 4.78 is 31.7. The van der Waals surface area contributed by atoms with Crippen LogP contribution in [0.2, 0.25) is 0 Å². The summed E-state index contributed by atoms with van der Waals surface area (Å²) in [6.07, 6.45) is 3.59. The van der Waals surface area contributed by atoms with Gasteiger partial charge in [-0.3, -0.25) is 4.79 Å². The van der Waals surface area contributed by atoms with Crippen LogP contribution in [0.15, 0.2) is 58.3 Å². The first kappa shape index (κ1) is 21.4. The smallest absolute Gasteiger partial charge is 0.338 e. The summed E-state index contributed by atoms with van der Waals surface area (Å²) in [6, 6.07) is 13.0. The molecule has 0 bridgehead atoms. The Morgan fingerprint density at radius 2 is 1.83 bits per heavy atom. The van der Waals surface area contributed by atoms with Crippen molar-refractivity contribution >= 4 is 39.3 Å². The Kier molecular flexibility index (Phi) is 6.94. The highest BCUT2D eigenvalue weighted by molar-refractivity contribution is 7.98. The maximum atomic E-state index is 12.6. The zero-order chi connectivity index (χ0) is 20.9. The van der Waals surface area contributed by atoms with Gasteiger partial charge in [0.1, 0.15) is 0 Å². The van der Waals surface area contributed by atoms with Gasteiger partial charge in [-0.2, -0.15) is 4.31 Å². The molecule has 3 rings (SSSR count). The molecule has 9 heteroatoms. The molecule has 2 aromatic carbocycles. The highest BCUT2D eigenvalue weighted by atomic mass is 32.2. The van der Waals surface area contributed by atoms with Crippen molar-refractivity contribution in [2.45, 2.75) is 22.6 Å². The second kappa shape index (κ2) is 9.43. The van der Waals surface area contributed by atoms with Crippen LogP contribution in [0.25, 0.3) is 0 Å². The lowest BCUT2D eigenvalue weighted by atomic mass is 10.2. The van der Waals surface area contributed by atoms with Crippen LogP contribution < -0.4 is 5.32 Å². The molecule has 1 saturated heterocycles. The van der Waals surface area contributed by atoms with E-state index in [0.29, 0.717) is 18.8 Å². The maximum Gasteiger partial charge on any atom is 0.338 e. The van der Waals surface area contributed by atoms with E-state index in [2.05, 4.69) is 5.32 Å². The van der Waals surface area contributed by atoms with Crippen LogP contribution in [-0.2, 0) is 19.6 Å². The number of sulfonamides is 1. The molecule has 1 heterocycles. The van der Waals surface area contributed by atoms with Gasteiger partial charge in [-0.05, 0) is 55.5 Å². The van der Waals surface area contributed by atoms with Gasteiger partial charge in [-0.15, -0.1) is 11.8 Å². The molecular weight excluding hydrogens is 412 g/mol. The van der Waals surface area contributed by atoms with Crippen molar-refractivity contribution in [3.63, 3.8) is 0 Å². The van der Waals surface area contributed by atoms with Crippen LogP contribution in [0.3, 0.4) is 0 Å². The zero-order valence-corrected chi connectivity index (χ0v) is 17.6. The summed E-state index contributed by atoms with van der Waals surface area (Å²) in [6.45, 7) is 0.495. The fraction of sp³-hybridized carbons (Fsp3) is 0.300. The SMILES string of the molecule is CSc1cccc(NC(=O)COC(=O)c2cccc(S(=O)(=O)N3CCCC3)c2)c1. The Balaban J connectivity index is 1.61. The minimum absolute atomic E-state index is 0.0483. The number of anilines is 1. The predicted molar refractivity (Wildman–Crippen MR) is 112 cm³/mol. The molecule has 154 valence electrons. The second-order valence-electron chi connectivity index (χ2n) is 6.50. The normalized spacial score (nSPS) is 14.5. The molecule has 0 aliphatic carbocycles. The molecule has 7 nitrogen and oxygen atoms in total. The van der Waals surface area contributed by atoms with E-state index in [4.69, 9.17) is 4.74 Å². The molecule has 1 aliphatic heterocycles. The van der Waals surface area contributed by atoms with Gasteiger partial charge in [-0.1, -0.05) is 12.1 Å². The van der Waals surface area contributed by atoms with Gasteiger partial charge in [0.05, 0.1) is 10.5 Å². The number of thioether (sulfide) groups is 1. The van der Waals surface area contributed by atoms with E-state index < -0.39 is 28.5 Å². The van der Waals surface area contributed by atoms with E-state index in [9.17, 15) is 18.0 Å². The molecule has 0 saturated carbocycles. The molecule has 0 aromatic heterocycles. The summed E-state index contributed by atoms with van der Waals surface area (Å²) in [5.74, 6) is -1.23. The molecule has 0 radical (unpaired) electrons. The minimum atomic E-state index is -3.63. The number of nitrogens with zero attached hydrogens (tertiary/aromatic N) is 1. The van der Waals surface area contributed by atoms with Crippen molar-refractivity contribution in [3.05, 3.63) is 54.1 Å². The molecule has 1 fully saturated rings.